The largest absolute Gasteiger partial charge is 0.497 e. The maximum absolute atomic E-state index is 5.25. The first-order valence-corrected chi connectivity index (χ1v) is 8.75. The molecule has 0 aliphatic rings. The van der Waals surface area contributed by atoms with E-state index < -0.39 is 0 Å². The summed E-state index contributed by atoms with van der Waals surface area (Å²) in [6, 6.07) is 8.10. The number of methoxy groups -OCH3 is 1. The Hall–Kier alpha value is -2.18. The van der Waals surface area contributed by atoms with Gasteiger partial charge in [0.2, 0.25) is 0 Å². The number of rotatable bonds is 6. The lowest BCUT2D eigenvalue weighted by atomic mass is 10.1. The van der Waals surface area contributed by atoms with Crippen molar-refractivity contribution >= 4 is 27.4 Å². The lowest BCUT2D eigenvalue weighted by molar-refractivity contribution is 0.415. The predicted octanol–water partition coefficient (Wildman–Crippen LogP) is 3.65. The summed E-state index contributed by atoms with van der Waals surface area (Å²) in [5.41, 5.74) is 2.30. The van der Waals surface area contributed by atoms with E-state index in [-0.39, 0.29) is 0 Å². The predicted molar refractivity (Wildman–Crippen MR) is 101 cm³/mol. The van der Waals surface area contributed by atoms with Crippen molar-refractivity contribution in [2.75, 3.05) is 39.6 Å². The highest BCUT2D eigenvalue weighted by Gasteiger charge is 2.14. The van der Waals surface area contributed by atoms with Gasteiger partial charge in [-0.15, -0.1) is 11.3 Å². The van der Waals surface area contributed by atoms with Gasteiger partial charge in [-0.05, 0) is 38.7 Å². The number of benzene rings is 1. The lowest BCUT2D eigenvalue weighted by Gasteiger charge is -2.13. The number of fused-ring (bicyclic) bond motifs is 1. The van der Waals surface area contributed by atoms with Crippen LogP contribution in [-0.2, 0) is 0 Å². The maximum Gasteiger partial charge on any atom is 0.139 e. The molecule has 0 amide bonds. The second-order valence-corrected chi connectivity index (χ2v) is 6.77. The van der Waals surface area contributed by atoms with Gasteiger partial charge in [0.05, 0.1) is 12.5 Å². The highest BCUT2D eigenvalue weighted by atomic mass is 32.1. The fraction of sp³-hybridized carbons (Fsp3) is 0.333. The maximum atomic E-state index is 5.25. The van der Waals surface area contributed by atoms with Gasteiger partial charge < -0.3 is 15.0 Å². The normalized spacial score (nSPS) is 11.2. The van der Waals surface area contributed by atoms with Crippen molar-refractivity contribution in [1.82, 2.24) is 14.9 Å². The van der Waals surface area contributed by atoms with Crippen LogP contribution in [0, 0.1) is 6.92 Å². The van der Waals surface area contributed by atoms with Crippen molar-refractivity contribution < 1.29 is 4.74 Å². The number of nitrogens with one attached hydrogen (secondary N) is 1. The minimum absolute atomic E-state index is 0.790. The Morgan fingerprint density at radius 1 is 1.17 bits per heavy atom. The zero-order valence-corrected chi connectivity index (χ0v) is 15.3. The van der Waals surface area contributed by atoms with E-state index in [1.807, 2.05) is 19.1 Å². The molecule has 3 rings (SSSR count). The summed E-state index contributed by atoms with van der Waals surface area (Å²) in [5.74, 6) is 2.55. The van der Waals surface area contributed by atoms with Crippen molar-refractivity contribution in [2.45, 2.75) is 6.92 Å². The molecule has 126 valence electrons. The fourth-order valence-corrected chi connectivity index (χ4v) is 3.55. The number of hydrogen-bond acceptors (Lipinski definition) is 6. The van der Waals surface area contributed by atoms with E-state index in [9.17, 15) is 0 Å². The summed E-state index contributed by atoms with van der Waals surface area (Å²) in [5, 5.41) is 6.71. The number of aryl methyl sites for hydroxylation is 1. The van der Waals surface area contributed by atoms with Crippen molar-refractivity contribution in [3.63, 3.8) is 0 Å². The van der Waals surface area contributed by atoms with Crippen LogP contribution in [0.3, 0.4) is 0 Å². The van der Waals surface area contributed by atoms with Gasteiger partial charge in [-0.2, -0.15) is 0 Å². The van der Waals surface area contributed by atoms with Gasteiger partial charge in [0.15, 0.2) is 0 Å². The summed E-state index contributed by atoms with van der Waals surface area (Å²) < 4.78 is 5.25. The molecule has 0 spiro atoms. The monoisotopic (exact) mass is 342 g/mol. The van der Waals surface area contributed by atoms with Crippen LogP contribution >= 0.6 is 11.3 Å². The fourth-order valence-electron chi connectivity index (χ4n) is 2.56. The molecule has 2 aromatic heterocycles. The molecule has 0 saturated carbocycles. The number of nitrogens with zero attached hydrogens (tertiary/aromatic N) is 3. The number of anilines is 1. The van der Waals surface area contributed by atoms with E-state index in [4.69, 9.17) is 4.74 Å². The van der Waals surface area contributed by atoms with Crippen LogP contribution in [0.5, 0.6) is 5.75 Å². The molecule has 0 unspecified atom stereocenters. The third kappa shape index (κ3) is 3.49. The van der Waals surface area contributed by atoms with Crippen LogP contribution < -0.4 is 10.1 Å². The number of likely N-dealkylation sites (N-methyl/N-ethyl adjacent to an activating group) is 1. The van der Waals surface area contributed by atoms with Crippen LogP contribution in [0.1, 0.15) is 5.82 Å². The average Bonchev–Trinajstić information content (AvgIpc) is 2.98. The van der Waals surface area contributed by atoms with Crippen molar-refractivity contribution in [2.24, 2.45) is 0 Å². The molecule has 5 nitrogen and oxygen atoms in total. The van der Waals surface area contributed by atoms with E-state index in [0.29, 0.717) is 0 Å². The summed E-state index contributed by atoms with van der Waals surface area (Å²) in [7, 11) is 5.81. The van der Waals surface area contributed by atoms with Crippen molar-refractivity contribution in [3.05, 3.63) is 35.5 Å². The van der Waals surface area contributed by atoms with E-state index in [0.717, 1.165) is 51.8 Å². The molecule has 0 radical (unpaired) electrons. The minimum atomic E-state index is 0.790. The minimum Gasteiger partial charge on any atom is -0.497 e. The second kappa shape index (κ2) is 7.15. The van der Waals surface area contributed by atoms with Gasteiger partial charge in [0.1, 0.15) is 22.2 Å². The number of aromatic nitrogens is 2. The van der Waals surface area contributed by atoms with Gasteiger partial charge >= 0.3 is 0 Å². The quantitative estimate of drug-likeness (QED) is 0.741. The first-order valence-electron chi connectivity index (χ1n) is 7.87. The topological polar surface area (TPSA) is 50.3 Å². The summed E-state index contributed by atoms with van der Waals surface area (Å²) in [6.07, 6.45) is 0. The van der Waals surface area contributed by atoms with E-state index in [2.05, 4.69) is 51.8 Å². The molecular formula is C18H22N4OS. The average molecular weight is 342 g/mol. The molecule has 0 fully saturated rings. The Morgan fingerprint density at radius 2 is 1.92 bits per heavy atom. The summed E-state index contributed by atoms with van der Waals surface area (Å²) in [4.78, 5) is 12.4. The summed E-state index contributed by atoms with van der Waals surface area (Å²) in [6.45, 7) is 3.73. The molecular weight excluding hydrogens is 320 g/mol. The molecule has 2 heterocycles. The number of ether oxygens (including phenoxy) is 1. The van der Waals surface area contributed by atoms with Gasteiger partial charge in [-0.25, -0.2) is 9.97 Å². The second-order valence-electron chi connectivity index (χ2n) is 5.91. The van der Waals surface area contributed by atoms with Gasteiger partial charge in [-0.3, -0.25) is 0 Å². The van der Waals surface area contributed by atoms with Gasteiger partial charge in [-0.1, -0.05) is 12.1 Å². The highest BCUT2D eigenvalue weighted by Crippen LogP contribution is 2.37. The van der Waals surface area contributed by atoms with E-state index in [1.54, 1.807) is 18.4 Å². The van der Waals surface area contributed by atoms with Crippen LogP contribution in [0.4, 0.5) is 5.82 Å². The van der Waals surface area contributed by atoms with Gasteiger partial charge in [0.25, 0.3) is 0 Å². The van der Waals surface area contributed by atoms with Gasteiger partial charge in [0, 0.05) is 24.0 Å². The molecule has 0 aliphatic heterocycles. The SMILES string of the molecule is COc1ccc(-c2csc3nc(C)nc(NCCN(C)C)c23)cc1. The molecule has 3 aromatic rings. The van der Waals surface area contributed by atoms with E-state index in [1.165, 1.54) is 0 Å². The van der Waals surface area contributed by atoms with Crippen molar-refractivity contribution in [3.8, 4) is 16.9 Å². The molecule has 0 atom stereocenters. The van der Waals surface area contributed by atoms with Crippen LogP contribution in [0.25, 0.3) is 21.3 Å². The Labute approximate surface area is 146 Å². The molecule has 1 N–H and O–H groups in total. The Balaban J connectivity index is 2.01. The first kappa shape index (κ1) is 16.7. The number of thiophene rings is 1. The van der Waals surface area contributed by atoms with Crippen LogP contribution in [0.2, 0.25) is 0 Å². The van der Waals surface area contributed by atoms with Crippen molar-refractivity contribution in [1.29, 1.82) is 0 Å². The summed E-state index contributed by atoms with van der Waals surface area (Å²) >= 11 is 1.65. The molecule has 0 aliphatic carbocycles. The smallest absolute Gasteiger partial charge is 0.139 e. The Bertz CT molecular complexity index is 827. The van der Waals surface area contributed by atoms with Crippen LogP contribution in [-0.4, -0.2) is 49.2 Å². The molecule has 0 bridgehead atoms. The molecule has 0 saturated heterocycles. The lowest BCUT2D eigenvalue weighted by Crippen LogP contribution is -2.21. The highest BCUT2D eigenvalue weighted by molar-refractivity contribution is 7.17. The third-order valence-electron chi connectivity index (χ3n) is 3.80. The van der Waals surface area contributed by atoms with Crippen LogP contribution in [0.15, 0.2) is 29.6 Å². The molecule has 24 heavy (non-hydrogen) atoms. The Kier molecular flexibility index (Phi) is 4.97. The standard InChI is InChI=1S/C18H22N4OS/c1-12-20-17(19-9-10-22(2)3)16-15(11-24-18(16)21-12)13-5-7-14(23-4)8-6-13/h5-8,11H,9-10H2,1-4H3,(H,19,20,21). The molecule has 1 aromatic carbocycles. The molecule has 6 heteroatoms. The first-order chi connectivity index (χ1) is 11.6. The number of hydrogen-bond donors (Lipinski definition) is 1. The third-order valence-corrected chi connectivity index (χ3v) is 4.67. The zero-order valence-electron chi connectivity index (χ0n) is 14.5. The zero-order chi connectivity index (χ0) is 17.1. The van der Waals surface area contributed by atoms with E-state index >= 15 is 0 Å². The Morgan fingerprint density at radius 3 is 2.58 bits per heavy atom.